The molecule has 2 aromatic rings. The van der Waals surface area contributed by atoms with Crippen LogP contribution in [0.15, 0.2) is 69.2 Å². The van der Waals surface area contributed by atoms with Gasteiger partial charge in [0.1, 0.15) is 0 Å². The first-order chi connectivity index (χ1) is 21.4. The summed E-state index contributed by atoms with van der Waals surface area (Å²) in [5.74, 6) is -7.33. The van der Waals surface area contributed by atoms with Gasteiger partial charge in [-0.3, -0.25) is 19.2 Å². The minimum absolute atomic E-state index is 0.0353. The Hall–Kier alpha value is -4.20. The Kier molecular flexibility index (Phi) is 7.37. The number of carbonyl (C=O) groups is 4. The van der Waals surface area contributed by atoms with E-state index in [-0.39, 0.29) is 51.6 Å². The number of phenolic OH excluding ortho intramolecular Hbond substituents is 1. The van der Waals surface area contributed by atoms with Gasteiger partial charge in [-0.25, -0.2) is 4.90 Å². The monoisotopic (exact) mass is 709 g/mol. The van der Waals surface area contributed by atoms with Gasteiger partial charge in [-0.1, -0.05) is 11.6 Å². The Bertz CT molecular complexity index is 1820. The van der Waals surface area contributed by atoms with Gasteiger partial charge in [0.15, 0.2) is 23.1 Å². The average Bonchev–Trinajstić information content (AvgIpc) is 3.24. The van der Waals surface area contributed by atoms with Crippen LogP contribution in [-0.2, 0) is 31.5 Å². The molecular formula is C32H22BrF6NO6. The predicted molar refractivity (Wildman–Crippen MR) is 153 cm³/mol. The smallest absolute Gasteiger partial charge is 0.416 e. The maximum Gasteiger partial charge on any atom is 0.416 e. The summed E-state index contributed by atoms with van der Waals surface area (Å²) in [5.41, 5.74) is -2.93. The minimum atomic E-state index is -5.21. The minimum Gasteiger partial charge on any atom is -0.503 e. The number of nitrogens with zero attached hydrogens (tertiary/aromatic N) is 1. The molecule has 0 saturated carbocycles. The van der Waals surface area contributed by atoms with Crippen molar-refractivity contribution < 1.29 is 55.4 Å². The molecule has 4 atom stereocenters. The first-order valence-corrected chi connectivity index (χ1v) is 14.7. The zero-order valence-corrected chi connectivity index (χ0v) is 25.4. The lowest BCUT2D eigenvalue weighted by Gasteiger charge is -2.42. The van der Waals surface area contributed by atoms with Gasteiger partial charge >= 0.3 is 12.4 Å². The van der Waals surface area contributed by atoms with Crippen LogP contribution in [0.2, 0.25) is 0 Å². The number of halogens is 7. The van der Waals surface area contributed by atoms with Gasteiger partial charge in [-0.2, -0.15) is 26.3 Å². The van der Waals surface area contributed by atoms with E-state index in [1.165, 1.54) is 26.2 Å². The van der Waals surface area contributed by atoms with Crippen molar-refractivity contribution in [3.8, 4) is 11.5 Å². The summed E-state index contributed by atoms with van der Waals surface area (Å²) >= 11 is 3.26. The molecule has 6 rings (SSSR count). The Morgan fingerprint density at radius 2 is 1.54 bits per heavy atom. The molecule has 0 spiro atoms. The zero-order chi connectivity index (χ0) is 33.6. The zero-order valence-electron chi connectivity index (χ0n) is 23.8. The van der Waals surface area contributed by atoms with E-state index < -0.39 is 76.2 Å². The first-order valence-electron chi connectivity index (χ1n) is 13.9. The highest BCUT2D eigenvalue weighted by Crippen LogP contribution is 2.56. The third-order valence-corrected chi connectivity index (χ3v) is 9.60. The lowest BCUT2D eigenvalue weighted by atomic mass is 9.59. The molecule has 1 saturated heterocycles. The number of hydrogen-bond acceptors (Lipinski definition) is 6. The van der Waals surface area contributed by atoms with Crippen molar-refractivity contribution >= 4 is 45.0 Å². The Morgan fingerprint density at radius 1 is 0.913 bits per heavy atom. The fourth-order valence-electron chi connectivity index (χ4n) is 6.98. The Morgan fingerprint density at radius 3 is 2.13 bits per heavy atom. The summed E-state index contributed by atoms with van der Waals surface area (Å²) < 4.78 is 87.3. The molecule has 4 aliphatic rings. The number of carbonyl (C=O) groups excluding carboxylic acids is 4. The van der Waals surface area contributed by atoms with E-state index in [0.717, 1.165) is 6.08 Å². The van der Waals surface area contributed by atoms with Crippen LogP contribution in [0.25, 0.3) is 0 Å². The lowest BCUT2D eigenvalue weighted by molar-refractivity contribution is -0.143. The van der Waals surface area contributed by atoms with Crippen LogP contribution in [0.4, 0.5) is 32.0 Å². The fourth-order valence-corrected chi connectivity index (χ4v) is 7.44. The molecule has 0 radical (unpaired) electrons. The number of fused-ring (bicyclic) bond motifs is 3. The van der Waals surface area contributed by atoms with Crippen molar-refractivity contribution in [3.63, 3.8) is 0 Å². The van der Waals surface area contributed by atoms with E-state index in [4.69, 9.17) is 4.74 Å². The van der Waals surface area contributed by atoms with Gasteiger partial charge in [0, 0.05) is 22.6 Å². The molecule has 46 heavy (non-hydrogen) atoms. The largest absolute Gasteiger partial charge is 0.503 e. The van der Waals surface area contributed by atoms with Crippen LogP contribution in [0.3, 0.4) is 0 Å². The van der Waals surface area contributed by atoms with Gasteiger partial charge in [0.25, 0.3) is 0 Å². The lowest BCUT2D eigenvalue weighted by Crippen LogP contribution is -2.39. The predicted octanol–water partition coefficient (Wildman–Crippen LogP) is 6.84. The summed E-state index contributed by atoms with van der Waals surface area (Å²) in [6.07, 6.45) is -7.87. The second-order valence-corrected chi connectivity index (χ2v) is 12.4. The standard InChI is InChI=1S/C32H22BrF6NO6/c1-12-5-22(41)20-11-19-17(24(26(20)27(12)42)13-6-21(33)28(43)23(7-13)46-2)3-4-18-25(19)30(45)40(29(18)44)16-9-14(31(34,35)36)8-15(10-16)32(37,38)39/h3,5-10,18-19,24-25,43H,4,11H2,1-2H3/t18-,19+,24-,25-/m0/s1. The van der Waals surface area contributed by atoms with E-state index in [1.54, 1.807) is 6.08 Å². The van der Waals surface area contributed by atoms with Gasteiger partial charge in [-0.05, 0) is 83.6 Å². The number of hydrogen-bond donors (Lipinski definition) is 1. The van der Waals surface area contributed by atoms with Crippen LogP contribution >= 0.6 is 15.9 Å². The normalized spacial score (nSPS) is 24.8. The molecule has 0 aromatic heterocycles. The van der Waals surface area contributed by atoms with Crippen molar-refractivity contribution in [3.05, 3.63) is 85.9 Å². The number of amides is 2. The van der Waals surface area contributed by atoms with Crippen LogP contribution in [-0.4, -0.2) is 35.6 Å². The summed E-state index contributed by atoms with van der Waals surface area (Å²) in [4.78, 5) is 54.9. The molecule has 1 N–H and O–H groups in total. The van der Waals surface area contributed by atoms with E-state index >= 15 is 0 Å². The van der Waals surface area contributed by atoms with E-state index in [9.17, 15) is 50.6 Å². The number of imide groups is 1. The Balaban J connectivity index is 1.49. The second kappa shape index (κ2) is 10.7. The number of phenols is 1. The topological polar surface area (TPSA) is 101 Å². The fraction of sp³-hybridized carbons (Fsp3) is 0.312. The molecule has 3 aliphatic carbocycles. The van der Waals surface area contributed by atoms with Crippen molar-refractivity contribution in [1.82, 2.24) is 0 Å². The summed E-state index contributed by atoms with van der Waals surface area (Å²) in [5, 5.41) is 10.4. The van der Waals surface area contributed by atoms with Crippen LogP contribution < -0.4 is 9.64 Å². The quantitative estimate of drug-likeness (QED) is 0.162. The molecule has 1 aliphatic heterocycles. The van der Waals surface area contributed by atoms with Crippen molar-refractivity contribution in [2.45, 2.75) is 38.0 Å². The molecule has 0 bridgehead atoms. The summed E-state index contributed by atoms with van der Waals surface area (Å²) in [7, 11) is 1.31. The number of benzene rings is 2. The van der Waals surface area contributed by atoms with Gasteiger partial charge in [-0.15, -0.1) is 0 Å². The molecule has 7 nitrogen and oxygen atoms in total. The van der Waals surface area contributed by atoms with Crippen molar-refractivity contribution in [1.29, 1.82) is 0 Å². The molecule has 1 heterocycles. The van der Waals surface area contributed by atoms with Crippen LogP contribution in [0.1, 0.15) is 42.4 Å². The van der Waals surface area contributed by atoms with Crippen molar-refractivity contribution in [2.24, 2.45) is 17.8 Å². The Labute approximate surface area is 265 Å². The van der Waals surface area contributed by atoms with Crippen LogP contribution in [0, 0.1) is 17.8 Å². The number of ketones is 2. The van der Waals surface area contributed by atoms with Crippen LogP contribution in [0.5, 0.6) is 11.5 Å². The third-order valence-electron chi connectivity index (χ3n) is 9.00. The van der Waals surface area contributed by atoms with Gasteiger partial charge in [0.05, 0.1) is 40.2 Å². The SMILES string of the molecule is COc1cc([C@H]2C3=CC[C@@H]4C(=O)N(c5cc(C(F)(F)F)cc(C(F)(F)F)c5)C(=O)[C@@H]4[C@@H]3CC3=C2C(=O)C(C)=CC3=O)cc(Br)c1O. The molecule has 2 amide bonds. The number of alkyl halides is 6. The van der Waals surface area contributed by atoms with Crippen molar-refractivity contribution in [2.75, 3.05) is 12.0 Å². The van der Waals surface area contributed by atoms with Gasteiger partial charge < -0.3 is 9.84 Å². The molecule has 14 heteroatoms. The summed E-state index contributed by atoms with van der Waals surface area (Å²) in [6.45, 7) is 1.48. The number of allylic oxidation sites excluding steroid dienone is 6. The number of methoxy groups -OCH3 is 1. The highest BCUT2D eigenvalue weighted by atomic mass is 79.9. The maximum absolute atomic E-state index is 14.0. The number of rotatable bonds is 3. The average molecular weight is 710 g/mol. The second-order valence-electron chi connectivity index (χ2n) is 11.6. The molecule has 2 aromatic carbocycles. The van der Waals surface area contributed by atoms with E-state index in [0.29, 0.717) is 28.2 Å². The molecule has 1 fully saturated rings. The van der Waals surface area contributed by atoms with Gasteiger partial charge in [0.2, 0.25) is 11.8 Å². The number of aromatic hydroxyl groups is 1. The summed E-state index contributed by atoms with van der Waals surface area (Å²) in [6, 6.07) is 3.55. The van der Waals surface area contributed by atoms with E-state index in [2.05, 4.69) is 15.9 Å². The highest BCUT2D eigenvalue weighted by Gasteiger charge is 2.57. The molecule has 240 valence electrons. The number of Topliss-reactive ketones (excluding diaryl/α,β-unsaturated/α-hetero) is 1. The number of ether oxygens (including phenoxy) is 1. The third kappa shape index (κ3) is 4.88. The maximum atomic E-state index is 14.0. The molecular weight excluding hydrogens is 688 g/mol. The highest BCUT2D eigenvalue weighted by molar-refractivity contribution is 9.10. The van der Waals surface area contributed by atoms with E-state index in [1.807, 2.05) is 0 Å². The first kappa shape index (κ1) is 31.8. The molecule has 0 unspecified atom stereocenters. The number of anilines is 1.